The Kier molecular flexibility index (Phi) is 7.03. The Bertz CT molecular complexity index is 797. The molecule has 1 amide bonds. The summed E-state index contributed by atoms with van der Waals surface area (Å²) in [6.45, 7) is 3.36. The molecule has 3 rings (SSSR count). The molecular weight excluding hydrogens is 358 g/mol. The fraction of sp³-hybridized carbons (Fsp3) is 0.364. The van der Waals surface area contributed by atoms with Crippen molar-refractivity contribution in [3.05, 3.63) is 65.2 Å². The van der Waals surface area contributed by atoms with Crippen molar-refractivity contribution in [1.82, 2.24) is 5.32 Å². The highest BCUT2D eigenvalue weighted by Gasteiger charge is 2.16. The molecule has 1 heterocycles. The average Bonchev–Trinajstić information content (AvgIpc) is 3.24. The zero-order valence-corrected chi connectivity index (χ0v) is 16.0. The van der Waals surface area contributed by atoms with Crippen LogP contribution in [0, 0.1) is 6.92 Å². The second-order valence-corrected chi connectivity index (χ2v) is 6.75. The highest BCUT2D eigenvalue weighted by Crippen LogP contribution is 2.17. The minimum atomic E-state index is -0.545. The van der Waals surface area contributed by atoms with Crippen molar-refractivity contribution < 1.29 is 23.8 Å². The molecule has 1 fully saturated rings. The Morgan fingerprint density at radius 1 is 1.14 bits per heavy atom. The summed E-state index contributed by atoms with van der Waals surface area (Å²) in [7, 11) is 0. The molecule has 2 aromatic carbocycles. The van der Waals surface area contributed by atoms with Gasteiger partial charge in [0.05, 0.1) is 11.7 Å². The highest BCUT2D eigenvalue weighted by atomic mass is 16.5. The predicted molar refractivity (Wildman–Crippen MR) is 104 cm³/mol. The molecular formula is C22H25NO5. The normalized spacial score (nSPS) is 15.8. The molecule has 148 valence electrons. The van der Waals surface area contributed by atoms with E-state index >= 15 is 0 Å². The largest absolute Gasteiger partial charge is 0.491 e. The van der Waals surface area contributed by atoms with Crippen LogP contribution < -0.4 is 10.1 Å². The lowest BCUT2D eigenvalue weighted by Crippen LogP contribution is -2.28. The van der Waals surface area contributed by atoms with Crippen LogP contribution in [0.1, 0.15) is 34.3 Å². The molecule has 1 saturated heterocycles. The van der Waals surface area contributed by atoms with E-state index in [9.17, 15) is 9.59 Å². The number of rotatable bonds is 8. The molecule has 6 heteroatoms. The zero-order chi connectivity index (χ0) is 19.8. The Morgan fingerprint density at radius 3 is 2.64 bits per heavy atom. The second-order valence-electron chi connectivity index (χ2n) is 6.75. The summed E-state index contributed by atoms with van der Waals surface area (Å²) >= 11 is 0. The van der Waals surface area contributed by atoms with Crippen LogP contribution in [0.4, 0.5) is 0 Å². The monoisotopic (exact) mass is 383 g/mol. The molecule has 0 aromatic heterocycles. The second kappa shape index (κ2) is 9.90. The molecule has 0 saturated carbocycles. The van der Waals surface area contributed by atoms with Crippen LogP contribution in [0.2, 0.25) is 0 Å². The maximum atomic E-state index is 12.1. The molecule has 0 unspecified atom stereocenters. The third kappa shape index (κ3) is 5.82. The molecule has 1 N–H and O–H groups in total. The first-order chi connectivity index (χ1) is 13.6. The number of carbonyl (C=O) groups is 2. The molecule has 0 bridgehead atoms. The number of ether oxygens (including phenoxy) is 3. The van der Waals surface area contributed by atoms with Gasteiger partial charge in [-0.25, -0.2) is 4.79 Å². The first-order valence-electron chi connectivity index (χ1n) is 9.44. The number of aryl methyl sites for hydroxylation is 1. The van der Waals surface area contributed by atoms with E-state index in [1.54, 1.807) is 24.3 Å². The summed E-state index contributed by atoms with van der Waals surface area (Å²) < 4.78 is 16.3. The number of benzene rings is 2. The summed E-state index contributed by atoms with van der Waals surface area (Å²) in [5, 5.41) is 2.75. The molecule has 0 aliphatic carbocycles. The van der Waals surface area contributed by atoms with Gasteiger partial charge >= 0.3 is 5.97 Å². The van der Waals surface area contributed by atoms with Crippen LogP contribution in [0.3, 0.4) is 0 Å². The zero-order valence-electron chi connectivity index (χ0n) is 16.0. The minimum Gasteiger partial charge on any atom is -0.491 e. The number of nitrogens with one attached hydrogen (secondary N) is 1. The average molecular weight is 383 g/mol. The van der Waals surface area contributed by atoms with E-state index in [0.717, 1.165) is 30.6 Å². The van der Waals surface area contributed by atoms with E-state index in [1.807, 2.05) is 31.2 Å². The fourth-order valence-electron chi connectivity index (χ4n) is 2.92. The number of carbonyl (C=O) groups excluding carboxylic acids is 2. The van der Waals surface area contributed by atoms with Crippen molar-refractivity contribution in [3.8, 4) is 5.75 Å². The Balaban J connectivity index is 1.40. The van der Waals surface area contributed by atoms with Crippen LogP contribution in [0.15, 0.2) is 48.5 Å². The maximum Gasteiger partial charge on any atom is 0.338 e. The highest BCUT2D eigenvalue weighted by molar-refractivity contribution is 5.91. The summed E-state index contributed by atoms with van der Waals surface area (Å²) in [6.07, 6.45) is 2.22. The van der Waals surface area contributed by atoms with Crippen LogP contribution in [-0.4, -0.2) is 37.8 Å². The standard InChI is InChI=1S/C22H25NO5/c1-16-5-2-3-6-18(16)13-23-21(24)15-28-22(25)17-8-10-19(11-9-17)27-14-20-7-4-12-26-20/h2-3,5-6,8-11,20H,4,7,12-15H2,1H3,(H,23,24)/t20-/m1/s1. The first-order valence-corrected chi connectivity index (χ1v) is 9.44. The van der Waals surface area contributed by atoms with Crippen molar-refractivity contribution in [2.75, 3.05) is 19.8 Å². The third-order valence-electron chi connectivity index (χ3n) is 4.62. The van der Waals surface area contributed by atoms with Crippen LogP contribution in [0.25, 0.3) is 0 Å². The van der Waals surface area contributed by atoms with Crippen LogP contribution in [-0.2, 0) is 20.8 Å². The predicted octanol–water partition coefficient (Wildman–Crippen LogP) is 3.03. The Labute approximate surface area is 164 Å². The van der Waals surface area contributed by atoms with E-state index in [4.69, 9.17) is 14.2 Å². The van der Waals surface area contributed by atoms with Gasteiger partial charge in [-0.2, -0.15) is 0 Å². The van der Waals surface area contributed by atoms with Gasteiger partial charge in [0.2, 0.25) is 0 Å². The van der Waals surface area contributed by atoms with Crippen molar-refractivity contribution in [2.45, 2.75) is 32.4 Å². The van der Waals surface area contributed by atoms with Gasteiger partial charge in [0, 0.05) is 13.2 Å². The number of hydrogen-bond acceptors (Lipinski definition) is 5. The lowest BCUT2D eigenvalue weighted by atomic mass is 10.1. The van der Waals surface area contributed by atoms with Crippen molar-refractivity contribution >= 4 is 11.9 Å². The molecule has 0 radical (unpaired) electrons. The van der Waals surface area contributed by atoms with E-state index in [2.05, 4.69) is 5.32 Å². The van der Waals surface area contributed by atoms with Crippen LogP contribution in [0.5, 0.6) is 5.75 Å². The maximum absolute atomic E-state index is 12.1. The lowest BCUT2D eigenvalue weighted by molar-refractivity contribution is -0.124. The smallest absolute Gasteiger partial charge is 0.338 e. The molecule has 6 nitrogen and oxygen atoms in total. The van der Waals surface area contributed by atoms with E-state index in [1.165, 1.54) is 0 Å². The number of esters is 1. The van der Waals surface area contributed by atoms with E-state index < -0.39 is 5.97 Å². The number of amides is 1. The van der Waals surface area contributed by atoms with Gasteiger partial charge < -0.3 is 19.5 Å². The van der Waals surface area contributed by atoms with Gasteiger partial charge in [-0.3, -0.25) is 4.79 Å². The van der Waals surface area contributed by atoms with Crippen molar-refractivity contribution in [2.24, 2.45) is 0 Å². The van der Waals surface area contributed by atoms with Crippen LogP contribution >= 0.6 is 0 Å². The van der Waals surface area contributed by atoms with Gasteiger partial charge in [-0.15, -0.1) is 0 Å². The fourth-order valence-corrected chi connectivity index (χ4v) is 2.92. The Morgan fingerprint density at radius 2 is 1.93 bits per heavy atom. The van der Waals surface area contributed by atoms with Gasteiger partial charge in [0.25, 0.3) is 5.91 Å². The molecule has 28 heavy (non-hydrogen) atoms. The van der Waals surface area contributed by atoms with Gasteiger partial charge in [0.1, 0.15) is 12.4 Å². The molecule has 0 spiro atoms. The number of hydrogen-bond donors (Lipinski definition) is 1. The van der Waals surface area contributed by atoms with E-state index in [0.29, 0.717) is 24.5 Å². The lowest BCUT2D eigenvalue weighted by Gasteiger charge is -2.11. The topological polar surface area (TPSA) is 73.9 Å². The molecule has 1 aliphatic rings. The summed E-state index contributed by atoms with van der Waals surface area (Å²) in [5.74, 6) is -0.215. The SMILES string of the molecule is Cc1ccccc1CNC(=O)COC(=O)c1ccc(OC[C@H]2CCCO2)cc1. The summed E-state index contributed by atoms with van der Waals surface area (Å²) in [4.78, 5) is 24.0. The Hall–Kier alpha value is -2.86. The quantitative estimate of drug-likeness (QED) is 0.710. The molecule has 1 aliphatic heterocycles. The minimum absolute atomic E-state index is 0.142. The van der Waals surface area contributed by atoms with E-state index in [-0.39, 0.29) is 18.6 Å². The van der Waals surface area contributed by atoms with Gasteiger partial charge in [0.15, 0.2) is 6.61 Å². The van der Waals surface area contributed by atoms with Crippen molar-refractivity contribution in [3.63, 3.8) is 0 Å². The first kappa shape index (κ1) is 19.9. The molecule has 1 atom stereocenters. The van der Waals surface area contributed by atoms with Gasteiger partial charge in [-0.1, -0.05) is 24.3 Å². The summed E-state index contributed by atoms with van der Waals surface area (Å²) in [5.41, 5.74) is 2.50. The van der Waals surface area contributed by atoms with Gasteiger partial charge in [-0.05, 0) is 55.2 Å². The van der Waals surface area contributed by atoms with Crippen molar-refractivity contribution in [1.29, 1.82) is 0 Å². The third-order valence-corrected chi connectivity index (χ3v) is 4.62. The molecule has 2 aromatic rings. The summed E-state index contributed by atoms with van der Waals surface area (Å²) in [6, 6.07) is 14.5.